The Hall–Kier alpha value is -4.15. The lowest BCUT2D eigenvalue weighted by molar-refractivity contribution is -0.122. The molecule has 3 aromatic rings. The highest BCUT2D eigenvalue weighted by molar-refractivity contribution is 6.32. The van der Waals surface area contributed by atoms with E-state index in [1.165, 1.54) is 43.9 Å². The Bertz CT molecular complexity index is 1630. The van der Waals surface area contributed by atoms with Gasteiger partial charge in [-0.25, -0.2) is 4.98 Å². The normalized spacial score (nSPS) is 21.8. The summed E-state index contributed by atoms with van der Waals surface area (Å²) in [7, 11) is 0. The molecule has 2 unspecified atom stereocenters. The minimum Gasteiger partial charge on any atom is -0.369 e. The van der Waals surface area contributed by atoms with E-state index < -0.39 is 0 Å². The van der Waals surface area contributed by atoms with Gasteiger partial charge in [-0.1, -0.05) is 43.7 Å². The first-order valence-electron chi connectivity index (χ1n) is 18.7. The van der Waals surface area contributed by atoms with Crippen LogP contribution < -0.4 is 26.2 Å². The summed E-state index contributed by atoms with van der Waals surface area (Å²) in [6.45, 7) is 12.3. The molecule has 2 heterocycles. The van der Waals surface area contributed by atoms with Gasteiger partial charge in [0.15, 0.2) is 5.82 Å². The second-order valence-corrected chi connectivity index (χ2v) is 15.1. The van der Waals surface area contributed by atoms with Crippen molar-refractivity contribution in [1.82, 2.24) is 20.2 Å². The molecule has 2 amide bonds. The first-order valence-corrected chi connectivity index (χ1v) is 19.1. The Morgan fingerprint density at radius 3 is 2.63 bits per heavy atom. The average Bonchev–Trinajstić information content (AvgIpc) is 3.41. The number of carbonyl (C=O) groups excluding carboxylic acids is 2. The molecule has 4 N–H and O–H groups in total. The number of halogens is 1. The molecule has 4 aliphatic rings. The minimum absolute atomic E-state index is 0.258. The lowest BCUT2D eigenvalue weighted by Crippen LogP contribution is -2.46. The van der Waals surface area contributed by atoms with Crippen LogP contribution in [0.15, 0.2) is 67.4 Å². The van der Waals surface area contributed by atoms with Crippen molar-refractivity contribution in [2.24, 2.45) is 23.7 Å². The Morgan fingerprint density at radius 1 is 1.00 bits per heavy atom. The molecular formula is C40H53ClN8O2. The van der Waals surface area contributed by atoms with E-state index in [0.29, 0.717) is 34.9 Å². The van der Waals surface area contributed by atoms with Crippen LogP contribution in [0.3, 0.4) is 0 Å². The topological polar surface area (TPSA) is 115 Å². The lowest BCUT2D eigenvalue weighted by atomic mass is 9.74. The van der Waals surface area contributed by atoms with Crippen molar-refractivity contribution in [1.29, 1.82) is 0 Å². The van der Waals surface area contributed by atoms with Gasteiger partial charge in [-0.3, -0.25) is 14.5 Å². The van der Waals surface area contributed by atoms with Crippen LogP contribution in [-0.4, -0.2) is 66.0 Å². The van der Waals surface area contributed by atoms with E-state index in [-0.39, 0.29) is 11.8 Å². The van der Waals surface area contributed by atoms with Crippen LogP contribution in [0.25, 0.3) is 0 Å². The van der Waals surface area contributed by atoms with Gasteiger partial charge in [0.1, 0.15) is 5.02 Å². The second-order valence-electron chi connectivity index (χ2n) is 14.7. The molecule has 2 bridgehead atoms. The maximum atomic E-state index is 12.7. The monoisotopic (exact) mass is 712 g/mol. The molecule has 7 rings (SSSR count). The van der Waals surface area contributed by atoms with E-state index in [2.05, 4.69) is 66.7 Å². The molecule has 1 saturated heterocycles. The van der Waals surface area contributed by atoms with Gasteiger partial charge in [0.2, 0.25) is 17.8 Å². The van der Waals surface area contributed by atoms with Gasteiger partial charge < -0.3 is 26.2 Å². The van der Waals surface area contributed by atoms with Crippen LogP contribution >= 0.6 is 11.6 Å². The number of benzene rings is 2. The molecule has 11 heteroatoms. The van der Waals surface area contributed by atoms with Gasteiger partial charge >= 0.3 is 0 Å². The summed E-state index contributed by atoms with van der Waals surface area (Å²) in [4.78, 5) is 38.3. The standard InChI is InChI=1S/C40H53ClN8O2/c1-3-37(50)45-34-8-6-7-30(24-34)26-43-39-36(41)27-44-40(47-39)46-33-11-13-35(14-12-33)49-19-17-48(18-20-49)16-5-4-15-42-38(51)25-32-23-29-9-10-31(32)22-28(2)21-29/h3,6-8,11-14,24,27-29,31-32H,1,4-5,9-10,15-23,25-26H2,2H3,(H,42,51)(H,45,50)(H2,43,44,46,47)/t28?,29-,31+,32?/m0/s1. The van der Waals surface area contributed by atoms with Crippen molar-refractivity contribution in [2.45, 2.75) is 64.8 Å². The molecule has 10 nitrogen and oxygen atoms in total. The number of carbonyl (C=O) groups is 2. The quantitative estimate of drug-likeness (QED) is 0.0948. The molecule has 51 heavy (non-hydrogen) atoms. The van der Waals surface area contributed by atoms with Crippen molar-refractivity contribution < 1.29 is 9.59 Å². The predicted octanol–water partition coefficient (Wildman–Crippen LogP) is 7.48. The molecule has 2 aromatic carbocycles. The summed E-state index contributed by atoms with van der Waals surface area (Å²) in [5.41, 5.74) is 3.73. The SMILES string of the molecule is C=CC(=O)Nc1cccc(CNc2nc(Nc3ccc(N4CCN(CCCCNC(=O)CC5C[C@H]6CC[C@@H]5CC(C)C6)CC4)cc3)ncc2Cl)c1. The summed E-state index contributed by atoms with van der Waals surface area (Å²) in [6, 6.07) is 15.9. The lowest BCUT2D eigenvalue weighted by Gasteiger charge is -2.36. The Balaban J connectivity index is 0.882. The summed E-state index contributed by atoms with van der Waals surface area (Å²) in [5.74, 6) is 4.02. The van der Waals surface area contributed by atoms with Gasteiger partial charge in [-0.05, 0) is 117 Å². The Kier molecular flexibility index (Phi) is 12.8. The number of hydrogen-bond acceptors (Lipinski definition) is 8. The van der Waals surface area contributed by atoms with Gasteiger partial charge in [0.25, 0.3) is 0 Å². The van der Waals surface area contributed by atoms with E-state index in [9.17, 15) is 9.59 Å². The maximum Gasteiger partial charge on any atom is 0.247 e. The van der Waals surface area contributed by atoms with E-state index >= 15 is 0 Å². The third-order valence-electron chi connectivity index (χ3n) is 10.8. The summed E-state index contributed by atoms with van der Waals surface area (Å²) >= 11 is 6.39. The smallest absolute Gasteiger partial charge is 0.247 e. The zero-order valence-corrected chi connectivity index (χ0v) is 30.6. The zero-order valence-electron chi connectivity index (χ0n) is 29.9. The van der Waals surface area contributed by atoms with Crippen LogP contribution in [0.4, 0.5) is 28.8 Å². The summed E-state index contributed by atoms with van der Waals surface area (Å²) in [5, 5.41) is 13.0. The highest BCUT2D eigenvalue weighted by atomic mass is 35.5. The van der Waals surface area contributed by atoms with Gasteiger partial charge in [-0.15, -0.1) is 0 Å². The number of anilines is 5. The fraction of sp³-hybridized carbons (Fsp3) is 0.500. The van der Waals surface area contributed by atoms with Crippen LogP contribution in [0, 0.1) is 23.7 Å². The molecule has 4 atom stereocenters. The number of piperazine rings is 1. The molecule has 3 saturated carbocycles. The first-order chi connectivity index (χ1) is 24.8. The molecule has 1 aliphatic heterocycles. The highest BCUT2D eigenvalue weighted by Gasteiger charge is 2.36. The van der Waals surface area contributed by atoms with Crippen molar-refractivity contribution in [2.75, 3.05) is 60.1 Å². The number of nitrogens with one attached hydrogen (secondary N) is 4. The van der Waals surface area contributed by atoms with Crippen LogP contribution in [0.2, 0.25) is 5.02 Å². The number of amides is 2. The molecule has 0 radical (unpaired) electrons. The molecule has 3 aliphatic carbocycles. The second kappa shape index (κ2) is 17.9. The van der Waals surface area contributed by atoms with Crippen LogP contribution in [0.1, 0.15) is 63.9 Å². The predicted molar refractivity (Wildman–Crippen MR) is 208 cm³/mol. The van der Waals surface area contributed by atoms with E-state index in [1.54, 1.807) is 6.20 Å². The highest BCUT2D eigenvalue weighted by Crippen LogP contribution is 2.46. The average molecular weight is 713 g/mol. The number of nitrogens with zero attached hydrogens (tertiary/aromatic N) is 4. The maximum absolute atomic E-state index is 12.7. The van der Waals surface area contributed by atoms with Crippen LogP contribution in [-0.2, 0) is 16.1 Å². The molecule has 272 valence electrons. The van der Waals surface area contributed by atoms with Crippen molar-refractivity contribution in [3.8, 4) is 0 Å². The third-order valence-corrected chi connectivity index (χ3v) is 11.1. The molecule has 0 spiro atoms. The molecule has 1 aromatic heterocycles. The first kappa shape index (κ1) is 36.6. The molecule has 4 fully saturated rings. The van der Waals surface area contributed by atoms with Gasteiger partial charge in [-0.2, -0.15) is 4.98 Å². The van der Waals surface area contributed by atoms with Crippen molar-refractivity contribution >= 4 is 52.2 Å². The Labute approximate surface area is 307 Å². The minimum atomic E-state index is -0.258. The third kappa shape index (κ3) is 10.7. The number of aromatic nitrogens is 2. The zero-order chi connectivity index (χ0) is 35.6. The summed E-state index contributed by atoms with van der Waals surface area (Å²) < 4.78 is 0. The number of fused-ring (bicyclic) bond motifs is 4. The number of rotatable bonds is 15. The number of hydrogen-bond donors (Lipinski definition) is 4. The van der Waals surface area contributed by atoms with E-state index in [0.717, 1.165) is 87.5 Å². The molecular weight excluding hydrogens is 660 g/mol. The largest absolute Gasteiger partial charge is 0.369 e. The number of unbranched alkanes of at least 4 members (excludes halogenated alkanes) is 1. The Morgan fingerprint density at radius 2 is 1.82 bits per heavy atom. The fourth-order valence-electron chi connectivity index (χ4n) is 8.18. The van der Waals surface area contributed by atoms with E-state index in [4.69, 9.17) is 11.6 Å². The van der Waals surface area contributed by atoms with Gasteiger partial charge in [0, 0.05) is 62.8 Å². The van der Waals surface area contributed by atoms with Crippen molar-refractivity contribution in [3.05, 3.63) is 78.0 Å². The van der Waals surface area contributed by atoms with Gasteiger partial charge in [0.05, 0.1) is 6.20 Å². The van der Waals surface area contributed by atoms with E-state index in [1.807, 2.05) is 36.4 Å². The fourth-order valence-corrected chi connectivity index (χ4v) is 8.34. The van der Waals surface area contributed by atoms with Crippen molar-refractivity contribution in [3.63, 3.8) is 0 Å². The van der Waals surface area contributed by atoms with Crippen LogP contribution in [0.5, 0.6) is 0 Å². The summed E-state index contributed by atoms with van der Waals surface area (Å²) in [6.07, 6.45) is 12.4.